The Morgan fingerprint density at radius 3 is 2.46 bits per heavy atom. The van der Waals surface area contributed by atoms with Gasteiger partial charge in [-0.05, 0) is 12.1 Å². The molecule has 0 fully saturated rings. The quantitative estimate of drug-likeness (QED) is 0.633. The smallest absolute Gasteiger partial charge is 0.243 e. The van der Waals surface area contributed by atoms with Crippen molar-refractivity contribution in [3.05, 3.63) is 18.2 Å². The third-order valence-electron chi connectivity index (χ3n) is 1.55. The second-order valence-electron chi connectivity index (χ2n) is 2.45. The van der Waals surface area contributed by atoms with Crippen molar-refractivity contribution in [3.63, 3.8) is 0 Å². The molecule has 13 heavy (non-hydrogen) atoms. The Kier molecular flexibility index (Phi) is 2.44. The number of benzene rings is 1. The van der Waals surface area contributed by atoms with Crippen LogP contribution in [0.2, 0.25) is 0 Å². The molecular formula is C7H10N2O3S. The van der Waals surface area contributed by atoms with Gasteiger partial charge in [-0.1, -0.05) is 6.07 Å². The molecular weight excluding hydrogens is 192 g/mol. The lowest BCUT2D eigenvalue weighted by Crippen LogP contribution is -2.14. The number of primary sulfonamides is 1. The van der Waals surface area contributed by atoms with E-state index in [2.05, 4.69) is 5.32 Å². The molecule has 0 atom stereocenters. The lowest BCUT2D eigenvalue weighted by Gasteiger charge is -2.07. The van der Waals surface area contributed by atoms with Crippen molar-refractivity contribution >= 4 is 15.7 Å². The zero-order valence-corrected chi connectivity index (χ0v) is 7.80. The molecule has 0 bridgehead atoms. The minimum Gasteiger partial charge on any atom is -0.506 e. The van der Waals surface area contributed by atoms with Gasteiger partial charge in [-0.3, -0.25) is 0 Å². The van der Waals surface area contributed by atoms with Crippen LogP contribution in [0.1, 0.15) is 0 Å². The summed E-state index contributed by atoms with van der Waals surface area (Å²) < 4.78 is 22.0. The van der Waals surface area contributed by atoms with Crippen molar-refractivity contribution in [2.24, 2.45) is 5.14 Å². The van der Waals surface area contributed by atoms with E-state index in [4.69, 9.17) is 5.14 Å². The molecule has 0 aliphatic carbocycles. The number of aromatic hydroxyl groups is 1. The van der Waals surface area contributed by atoms with Crippen molar-refractivity contribution in [1.29, 1.82) is 0 Å². The zero-order chi connectivity index (χ0) is 10.1. The first kappa shape index (κ1) is 9.82. The highest BCUT2D eigenvalue weighted by Crippen LogP contribution is 2.28. The molecule has 1 rings (SSSR count). The van der Waals surface area contributed by atoms with Gasteiger partial charge in [0.25, 0.3) is 0 Å². The lowest BCUT2D eigenvalue weighted by atomic mass is 10.3. The molecule has 6 heteroatoms. The Labute approximate surface area is 76.2 Å². The van der Waals surface area contributed by atoms with Crippen LogP contribution >= 0.6 is 0 Å². The summed E-state index contributed by atoms with van der Waals surface area (Å²) in [6, 6.07) is 4.30. The van der Waals surface area contributed by atoms with Gasteiger partial charge in [0.2, 0.25) is 10.0 Å². The number of nitrogens with two attached hydrogens (primary N) is 1. The first-order valence-electron chi connectivity index (χ1n) is 3.49. The maximum Gasteiger partial charge on any atom is 0.243 e. The molecule has 0 unspecified atom stereocenters. The van der Waals surface area contributed by atoms with Crippen LogP contribution < -0.4 is 10.5 Å². The van der Waals surface area contributed by atoms with E-state index >= 15 is 0 Å². The Bertz CT molecular complexity index is 414. The fourth-order valence-electron chi connectivity index (χ4n) is 1.02. The van der Waals surface area contributed by atoms with Crippen molar-refractivity contribution in [1.82, 2.24) is 0 Å². The largest absolute Gasteiger partial charge is 0.506 e. The molecule has 5 nitrogen and oxygen atoms in total. The second kappa shape index (κ2) is 3.23. The molecule has 1 aromatic rings. The Hall–Kier alpha value is -1.27. The van der Waals surface area contributed by atoms with Crippen LogP contribution in [0.15, 0.2) is 23.1 Å². The highest BCUT2D eigenvalue weighted by molar-refractivity contribution is 7.89. The fourth-order valence-corrected chi connectivity index (χ4v) is 1.86. The second-order valence-corrected chi connectivity index (χ2v) is 3.95. The summed E-state index contributed by atoms with van der Waals surface area (Å²) in [5, 5.41) is 16.8. The highest BCUT2D eigenvalue weighted by Gasteiger charge is 2.17. The summed E-state index contributed by atoms with van der Waals surface area (Å²) in [5.74, 6) is -0.352. The molecule has 0 amide bonds. The van der Waals surface area contributed by atoms with Crippen LogP contribution in [-0.2, 0) is 10.0 Å². The first-order valence-corrected chi connectivity index (χ1v) is 5.04. The molecule has 1 aromatic carbocycles. The minimum atomic E-state index is -3.89. The third-order valence-corrected chi connectivity index (χ3v) is 2.55. The Morgan fingerprint density at radius 2 is 2.08 bits per heavy atom. The molecule has 0 aliphatic rings. The van der Waals surface area contributed by atoms with E-state index in [0.717, 1.165) is 0 Å². The van der Waals surface area contributed by atoms with Crippen LogP contribution in [0.25, 0.3) is 0 Å². The number of anilines is 1. The topological polar surface area (TPSA) is 92.4 Å². The van der Waals surface area contributed by atoms with Crippen LogP contribution in [0.3, 0.4) is 0 Å². The van der Waals surface area contributed by atoms with E-state index in [1.807, 2.05) is 0 Å². The van der Waals surface area contributed by atoms with E-state index in [0.29, 0.717) is 0 Å². The Balaban J connectivity index is 3.50. The molecule has 0 saturated heterocycles. The fraction of sp³-hybridized carbons (Fsp3) is 0.143. The lowest BCUT2D eigenvalue weighted by molar-refractivity contribution is 0.459. The van der Waals surface area contributed by atoms with Gasteiger partial charge in [0, 0.05) is 7.05 Å². The number of phenolic OH excluding ortho intramolecular Hbond substituents is 1. The summed E-state index contributed by atoms with van der Waals surface area (Å²) in [7, 11) is -2.34. The molecule has 0 heterocycles. The van der Waals surface area contributed by atoms with E-state index in [1.165, 1.54) is 18.2 Å². The van der Waals surface area contributed by atoms with Crippen LogP contribution in [0.4, 0.5) is 5.69 Å². The summed E-state index contributed by atoms with van der Waals surface area (Å²) in [4.78, 5) is -0.280. The van der Waals surface area contributed by atoms with Gasteiger partial charge < -0.3 is 10.4 Å². The van der Waals surface area contributed by atoms with E-state index in [-0.39, 0.29) is 16.3 Å². The summed E-state index contributed by atoms with van der Waals surface area (Å²) >= 11 is 0. The number of hydrogen-bond acceptors (Lipinski definition) is 4. The van der Waals surface area contributed by atoms with Crippen LogP contribution in [0, 0.1) is 0 Å². The Morgan fingerprint density at radius 1 is 1.46 bits per heavy atom. The maximum absolute atomic E-state index is 11.0. The SMILES string of the molecule is CNc1cccc(O)c1S(N)(=O)=O. The van der Waals surface area contributed by atoms with E-state index in [9.17, 15) is 13.5 Å². The summed E-state index contributed by atoms with van der Waals surface area (Å²) in [6.45, 7) is 0. The summed E-state index contributed by atoms with van der Waals surface area (Å²) in [5.41, 5.74) is 0.280. The van der Waals surface area contributed by atoms with Gasteiger partial charge in [-0.15, -0.1) is 0 Å². The van der Waals surface area contributed by atoms with Crippen LogP contribution in [0.5, 0.6) is 5.75 Å². The maximum atomic E-state index is 11.0. The molecule has 0 aliphatic heterocycles. The zero-order valence-electron chi connectivity index (χ0n) is 6.98. The van der Waals surface area contributed by atoms with Gasteiger partial charge in [-0.2, -0.15) is 0 Å². The number of sulfonamides is 1. The molecule has 0 aromatic heterocycles. The van der Waals surface area contributed by atoms with Crippen molar-refractivity contribution in [3.8, 4) is 5.75 Å². The minimum absolute atomic E-state index is 0.280. The predicted octanol–water partition coefficient (Wildman–Crippen LogP) is 0.0813. The highest BCUT2D eigenvalue weighted by atomic mass is 32.2. The average molecular weight is 202 g/mol. The van der Waals surface area contributed by atoms with E-state index in [1.54, 1.807) is 7.05 Å². The molecule has 4 N–H and O–H groups in total. The number of nitrogens with one attached hydrogen (secondary N) is 1. The van der Waals surface area contributed by atoms with Gasteiger partial charge in [-0.25, -0.2) is 13.6 Å². The van der Waals surface area contributed by atoms with Crippen molar-refractivity contribution in [2.45, 2.75) is 4.90 Å². The normalized spacial score (nSPS) is 11.2. The van der Waals surface area contributed by atoms with Crippen molar-refractivity contribution < 1.29 is 13.5 Å². The molecule has 72 valence electrons. The molecule has 0 saturated carbocycles. The van der Waals surface area contributed by atoms with Gasteiger partial charge in [0.15, 0.2) is 0 Å². The van der Waals surface area contributed by atoms with Crippen molar-refractivity contribution in [2.75, 3.05) is 12.4 Å². The summed E-state index contributed by atoms with van der Waals surface area (Å²) in [6.07, 6.45) is 0. The van der Waals surface area contributed by atoms with Crippen LogP contribution in [-0.4, -0.2) is 20.6 Å². The third kappa shape index (κ3) is 1.90. The number of rotatable bonds is 2. The standard InChI is InChI=1S/C7H10N2O3S/c1-9-5-3-2-4-6(10)7(5)13(8,11)12/h2-4,9-10H,1H3,(H2,8,11,12). The van der Waals surface area contributed by atoms with E-state index < -0.39 is 10.0 Å². The average Bonchev–Trinajstić information content (AvgIpc) is 2.01. The van der Waals surface area contributed by atoms with Gasteiger partial charge in [0.1, 0.15) is 10.6 Å². The van der Waals surface area contributed by atoms with Gasteiger partial charge >= 0.3 is 0 Å². The predicted molar refractivity (Wildman–Crippen MR) is 49.0 cm³/mol. The monoisotopic (exact) mass is 202 g/mol. The first-order chi connectivity index (χ1) is 5.96. The molecule has 0 radical (unpaired) electrons. The number of hydrogen-bond donors (Lipinski definition) is 3. The molecule has 0 spiro atoms. The van der Waals surface area contributed by atoms with Gasteiger partial charge in [0.05, 0.1) is 5.69 Å². The number of phenols is 1.